The van der Waals surface area contributed by atoms with Crippen molar-refractivity contribution in [3.63, 3.8) is 0 Å². The number of halogens is 24. The van der Waals surface area contributed by atoms with Gasteiger partial charge >= 0.3 is 49.4 Å². The van der Waals surface area contributed by atoms with Gasteiger partial charge in [-0.15, -0.1) is 0 Å². The zero-order chi connectivity index (χ0) is 48.3. The summed E-state index contributed by atoms with van der Waals surface area (Å²) in [6.07, 6.45) is -50.0. The van der Waals surface area contributed by atoms with Crippen LogP contribution in [-0.2, 0) is 54.8 Å². The van der Waals surface area contributed by atoms with Crippen molar-refractivity contribution in [1.29, 1.82) is 0 Å². The van der Waals surface area contributed by atoms with Crippen molar-refractivity contribution in [2.45, 2.75) is 80.6 Å². The highest BCUT2D eigenvalue weighted by atomic mass is 19.4. The van der Waals surface area contributed by atoms with E-state index in [-0.39, 0.29) is 18.6 Å². The van der Waals surface area contributed by atoms with Crippen LogP contribution < -0.4 is 5.32 Å². The molecule has 1 nitrogen and oxygen atoms in total. The van der Waals surface area contributed by atoms with E-state index < -0.39 is 201 Å². The van der Waals surface area contributed by atoms with Crippen LogP contribution in [0.15, 0.2) is 72.8 Å². The van der Waals surface area contributed by atoms with Crippen LogP contribution in [0.1, 0.15) is 92.6 Å². The predicted octanol–water partition coefficient (Wildman–Crippen LogP) is 15.3. The summed E-state index contributed by atoms with van der Waals surface area (Å²) in [4.78, 5) is 0. The zero-order valence-electron chi connectivity index (χ0n) is 30.7. The van der Waals surface area contributed by atoms with Gasteiger partial charge in [-0.2, -0.15) is 105 Å². The molecule has 0 spiro atoms. The molecule has 1 N–H and O–H groups in total. The van der Waals surface area contributed by atoms with Gasteiger partial charge < -0.3 is 5.32 Å². The quantitative estimate of drug-likeness (QED) is 0.130. The van der Waals surface area contributed by atoms with Crippen molar-refractivity contribution in [2.75, 3.05) is 6.54 Å². The first kappa shape index (κ1) is 50.8. The lowest BCUT2D eigenvalue weighted by atomic mass is 9.63. The number of nitrogens with one attached hydrogen (secondary N) is 1. The lowest BCUT2D eigenvalue weighted by Crippen LogP contribution is -2.38. The number of rotatable bonds is 9. The highest BCUT2D eigenvalue weighted by Gasteiger charge is 2.49. The fourth-order valence-corrected chi connectivity index (χ4v) is 6.57. The smallest absolute Gasteiger partial charge is 0.310 e. The highest BCUT2D eigenvalue weighted by Crippen LogP contribution is 2.53. The molecule has 0 fully saturated rings. The second-order valence-corrected chi connectivity index (χ2v) is 13.8. The van der Waals surface area contributed by atoms with Gasteiger partial charge in [-0.3, -0.25) is 0 Å². The van der Waals surface area contributed by atoms with Crippen LogP contribution in [0.2, 0.25) is 0 Å². The Bertz CT molecular complexity index is 1950. The Kier molecular flexibility index (Phi) is 13.4. The Morgan fingerprint density at radius 1 is 0.317 bits per heavy atom. The van der Waals surface area contributed by atoms with Gasteiger partial charge in [0.05, 0.1) is 44.5 Å². The zero-order valence-corrected chi connectivity index (χ0v) is 30.7. The third-order valence-corrected chi connectivity index (χ3v) is 9.40. The molecule has 0 bridgehead atoms. The van der Waals surface area contributed by atoms with Gasteiger partial charge in [0.1, 0.15) is 0 Å². The standard InChI is InChI=1S/C38H23F24N/c1-2-3-63-29(17-4-21(31(39,40)41)12-22(5-17)32(42,43)44)16-30(18-6-23(33(45,46)47)13-24(7-18)34(48,49)50,19-8-25(35(51,52)53)14-26(9-19)36(54,55)56)20-10-27(37(57,58)59)15-28(11-20)38(60,61)62/h4-15,29,63H,2-3,16H2,1H3. The van der Waals surface area contributed by atoms with Crippen molar-refractivity contribution >= 4 is 0 Å². The normalized spacial score (nSPS) is 14.6. The molecule has 1 atom stereocenters. The second-order valence-electron chi connectivity index (χ2n) is 13.8. The van der Waals surface area contributed by atoms with Crippen molar-refractivity contribution in [3.8, 4) is 0 Å². The molecule has 0 radical (unpaired) electrons. The van der Waals surface area contributed by atoms with Gasteiger partial charge in [-0.25, -0.2) is 0 Å². The van der Waals surface area contributed by atoms with E-state index in [2.05, 4.69) is 5.32 Å². The fraction of sp³-hybridized carbons (Fsp3) is 0.368. The molecule has 25 heteroatoms. The lowest BCUT2D eigenvalue weighted by Gasteiger charge is -2.41. The number of benzene rings is 4. The molecule has 63 heavy (non-hydrogen) atoms. The van der Waals surface area contributed by atoms with E-state index in [9.17, 15) is 105 Å². The molecule has 0 aromatic heterocycles. The molecule has 0 amide bonds. The first-order valence-corrected chi connectivity index (χ1v) is 17.1. The molecule has 0 saturated heterocycles. The minimum atomic E-state index is -6.03. The Balaban J connectivity index is 2.50. The highest BCUT2D eigenvalue weighted by molar-refractivity contribution is 5.57. The van der Waals surface area contributed by atoms with E-state index in [1.165, 1.54) is 6.92 Å². The van der Waals surface area contributed by atoms with Crippen molar-refractivity contribution < 1.29 is 105 Å². The Morgan fingerprint density at radius 3 is 0.698 bits per heavy atom. The van der Waals surface area contributed by atoms with Gasteiger partial charge in [0.25, 0.3) is 0 Å². The third kappa shape index (κ3) is 11.7. The average molecular weight is 950 g/mol. The maximum atomic E-state index is 14.4. The summed E-state index contributed by atoms with van der Waals surface area (Å²) >= 11 is 0. The summed E-state index contributed by atoms with van der Waals surface area (Å²) in [6, 6.07) is -8.48. The van der Waals surface area contributed by atoms with Crippen molar-refractivity contribution in [1.82, 2.24) is 5.32 Å². The molecule has 0 heterocycles. The summed E-state index contributed by atoms with van der Waals surface area (Å²) in [7, 11) is 0. The van der Waals surface area contributed by atoms with E-state index in [0.717, 1.165) is 0 Å². The maximum Gasteiger partial charge on any atom is 0.416 e. The maximum absolute atomic E-state index is 14.4. The minimum absolute atomic E-state index is 0.152. The van der Waals surface area contributed by atoms with E-state index in [4.69, 9.17) is 0 Å². The average Bonchev–Trinajstić information content (AvgIpc) is 3.11. The van der Waals surface area contributed by atoms with Crippen LogP contribution in [0, 0.1) is 0 Å². The summed E-state index contributed by atoms with van der Waals surface area (Å²) in [5.41, 5.74) is -30.9. The molecule has 0 saturated carbocycles. The van der Waals surface area contributed by atoms with E-state index in [0.29, 0.717) is 0 Å². The molecule has 1 unspecified atom stereocenters. The molecular weight excluding hydrogens is 926 g/mol. The molecule has 0 aliphatic heterocycles. The van der Waals surface area contributed by atoms with E-state index >= 15 is 0 Å². The van der Waals surface area contributed by atoms with Crippen LogP contribution in [0.5, 0.6) is 0 Å². The first-order valence-electron chi connectivity index (χ1n) is 17.1. The van der Waals surface area contributed by atoms with Crippen molar-refractivity contribution in [2.24, 2.45) is 0 Å². The number of hydrogen-bond donors (Lipinski definition) is 1. The number of hydrogen-bond acceptors (Lipinski definition) is 1. The largest absolute Gasteiger partial charge is 0.416 e. The van der Waals surface area contributed by atoms with Crippen molar-refractivity contribution in [3.05, 3.63) is 140 Å². The molecule has 4 aromatic carbocycles. The summed E-state index contributed by atoms with van der Waals surface area (Å²) in [6.45, 7) is 0.499. The Labute approximate surface area is 337 Å². The van der Waals surface area contributed by atoms with Crippen LogP contribution in [0.4, 0.5) is 105 Å². The Hall–Kier alpha value is -4.84. The van der Waals surface area contributed by atoms with Crippen LogP contribution in [-0.4, -0.2) is 6.54 Å². The predicted molar refractivity (Wildman–Crippen MR) is 171 cm³/mol. The topological polar surface area (TPSA) is 12.0 Å². The minimum Gasteiger partial charge on any atom is -0.310 e. The molecular formula is C38H23F24N. The van der Waals surface area contributed by atoms with Crippen LogP contribution >= 0.6 is 0 Å². The summed E-state index contributed by atoms with van der Waals surface area (Å²) < 4.78 is 344. The molecule has 0 aliphatic rings. The molecule has 0 aliphatic carbocycles. The van der Waals surface area contributed by atoms with Crippen LogP contribution in [0.25, 0.3) is 0 Å². The number of alkyl halides is 24. The van der Waals surface area contributed by atoms with Gasteiger partial charge in [0.2, 0.25) is 0 Å². The summed E-state index contributed by atoms with van der Waals surface area (Å²) in [5, 5.41) is 2.21. The Morgan fingerprint density at radius 2 is 0.508 bits per heavy atom. The lowest BCUT2D eigenvalue weighted by molar-refractivity contribution is -0.144. The van der Waals surface area contributed by atoms with E-state index in [1.54, 1.807) is 0 Å². The molecule has 4 aromatic rings. The second kappa shape index (κ2) is 16.6. The van der Waals surface area contributed by atoms with Gasteiger partial charge in [0, 0.05) is 11.5 Å². The monoisotopic (exact) mass is 949 g/mol. The van der Waals surface area contributed by atoms with Gasteiger partial charge in [-0.05, 0) is 114 Å². The van der Waals surface area contributed by atoms with Gasteiger partial charge in [0.15, 0.2) is 0 Å². The van der Waals surface area contributed by atoms with E-state index in [1.807, 2.05) is 0 Å². The van der Waals surface area contributed by atoms with Gasteiger partial charge in [-0.1, -0.05) is 6.92 Å². The first-order chi connectivity index (χ1) is 28.2. The van der Waals surface area contributed by atoms with Crippen LogP contribution in [0.3, 0.4) is 0 Å². The summed E-state index contributed by atoms with van der Waals surface area (Å²) in [5.74, 6) is 0. The SMILES string of the molecule is CCCNC(CC(c1cc(C(F)(F)F)cc(C(F)(F)F)c1)(c1cc(C(F)(F)F)cc(C(F)(F)F)c1)c1cc(C(F)(F)F)cc(C(F)(F)F)c1)c1cc(C(F)(F)F)cc(C(F)(F)F)c1. The fourth-order valence-electron chi connectivity index (χ4n) is 6.57. The molecule has 4 rings (SSSR count). The molecule has 348 valence electrons. The third-order valence-electron chi connectivity index (χ3n) is 9.40.